The molecule has 2 unspecified atom stereocenters. The molecule has 174 valence electrons. The van der Waals surface area contributed by atoms with Gasteiger partial charge in [-0.25, -0.2) is 18.7 Å². The molecule has 1 saturated heterocycles. The molecule has 4 heterocycles. The monoisotopic (exact) mass is 479 g/mol. The number of aryl methyl sites for hydroxylation is 3. The van der Waals surface area contributed by atoms with E-state index in [2.05, 4.69) is 9.97 Å². The molecule has 34 heavy (non-hydrogen) atoms. The Labute approximate surface area is 202 Å². The molecule has 3 aromatic heterocycles. The van der Waals surface area contributed by atoms with Gasteiger partial charge in [0.25, 0.3) is 0 Å². The highest BCUT2D eigenvalue weighted by atomic mass is 35.5. The molecule has 0 aliphatic carbocycles. The number of hydrogen-bond donors (Lipinski definition) is 0. The molecule has 0 radical (unpaired) electrons. The summed E-state index contributed by atoms with van der Waals surface area (Å²) in [6, 6.07) is 10.7. The molecule has 0 amide bonds. The van der Waals surface area contributed by atoms with E-state index in [0.717, 1.165) is 41.1 Å². The van der Waals surface area contributed by atoms with E-state index in [9.17, 15) is 4.39 Å². The number of pyridine rings is 3. The summed E-state index contributed by atoms with van der Waals surface area (Å²) in [5.41, 5.74) is 5.85. The van der Waals surface area contributed by atoms with Crippen LogP contribution in [0.25, 0.3) is 22.2 Å². The lowest BCUT2D eigenvalue weighted by molar-refractivity contribution is 0.00461. The molecule has 0 saturated carbocycles. The molecule has 0 N–H and O–H groups in total. The van der Waals surface area contributed by atoms with E-state index in [4.69, 9.17) is 21.3 Å². The molecule has 1 aliphatic heterocycles. The van der Waals surface area contributed by atoms with Crippen molar-refractivity contribution in [2.75, 3.05) is 6.61 Å². The number of rotatable bonds is 3. The first-order valence-electron chi connectivity index (χ1n) is 11.3. The van der Waals surface area contributed by atoms with Crippen molar-refractivity contribution in [1.82, 2.24) is 15.0 Å². The summed E-state index contributed by atoms with van der Waals surface area (Å²) >= 11 is 5.82. The molecule has 1 aromatic carbocycles. The van der Waals surface area contributed by atoms with Crippen LogP contribution in [-0.2, 0) is 4.74 Å². The maximum Gasteiger partial charge on any atom is 0.178 e. The van der Waals surface area contributed by atoms with Crippen molar-refractivity contribution in [2.45, 2.75) is 45.6 Å². The lowest BCUT2D eigenvalue weighted by atomic mass is 9.87. The van der Waals surface area contributed by atoms with Gasteiger partial charge >= 0.3 is 0 Å². The summed E-state index contributed by atoms with van der Waals surface area (Å²) in [5.74, 6) is -1.94. The van der Waals surface area contributed by atoms with Crippen molar-refractivity contribution < 1.29 is 13.5 Å². The highest BCUT2D eigenvalue weighted by molar-refractivity contribution is 6.30. The second-order valence-corrected chi connectivity index (χ2v) is 9.30. The zero-order chi connectivity index (χ0) is 24.0. The Balaban J connectivity index is 1.64. The van der Waals surface area contributed by atoms with Crippen LogP contribution in [0.1, 0.15) is 53.1 Å². The summed E-state index contributed by atoms with van der Waals surface area (Å²) < 4.78 is 35.5. The van der Waals surface area contributed by atoms with Gasteiger partial charge in [-0.3, -0.25) is 4.98 Å². The fourth-order valence-corrected chi connectivity index (χ4v) is 4.73. The van der Waals surface area contributed by atoms with Gasteiger partial charge in [-0.05, 0) is 86.7 Å². The SMILES string of the molecule is Cc1cc(C2CC(c3cc(-c4ccc(Cl)c(F)c4F)c4cc(C)c(C)nc4n3)CCO2)ccn1. The van der Waals surface area contributed by atoms with Gasteiger partial charge in [0.15, 0.2) is 17.3 Å². The van der Waals surface area contributed by atoms with Crippen LogP contribution in [0.2, 0.25) is 5.02 Å². The molecule has 5 rings (SSSR count). The van der Waals surface area contributed by atoms with E-state index < -0.39 is 11.6 Å². The second-order valence-electron chi connectivity index (χ2n) is 8.89. The van der Waals surface area contributed by atoms with Gasteiger partial charge in [-0.15, -0.1) is 0 Å². The van der Waals surface area contributed by atoms with Crippen LogP contribution in [0.3, 0.4) is 0 Å². The summed E-state index contributed by atoms with van der Waals surface area (Å²) in [5, 5.41) is 0.436. The van der Waals surface area contributed by atoms with Gasteiger partial charge in [0.05, 0.1) is 11.1 Å². The number of aromatic nitrogens is 3. The molecule has 1 fully saturated rings. The van der Waals surface area contributed by atoms with Gasteiger partial charge in [0.1, 0.15) is 0 Å². The third-order valence-corrected chi connectivity index (χ3v) is 6.88. The zero-order valence-electron chi connectivity index (χ0n) is 19.2. The molecular formula is C27H24ClF2N3O. The predicted molar refractivity (Wildman–Crippen MR) is 129 cm³/mol. The van der Waals surface area contributed by atoms with Crippen LogP contribution in [0.5, 0.6) is 0 Å². The van der Waals surface area contributed by atoms with Crippen LogP contribution in [0, 0.1) is 32.4 Å². The average molecular weight is 480 g/mol. The summed E-state index contributed by atoms with van der Waals surface area (Å²) in [4.78, 5) is 13.8. The number of hydrogen-bond acceptors (Lipinski definition) is 4. The number of fused-ring (bicyclic) bond motifs is 1. The Morgan fingerprint density at radius 1 is 0.971 bits per heavy atom. The van der Waals surface area contributed by atoms with Crippen molar-refractivity contribution in [2.24, 2.45) is 0 Å². The highest BCUT2D eigenvalue weighted by Crippen LogP contribution is 2.40. The zero-order valence-corrected chi connectivity index (χ0v) is 20.0. The van der Waals surface area contributed by atoms with Gasteiger partial charge < -0.3 is 4.74 Å². The third-order valence-electron chi connectivity index (χ3n) is 6.58. The predicted octanol–water partition coefficient (Wildman–Crippen LogP) is 7.18. The number of nitrogens with zero attached hydrogens (tertiary/aromatic N) is 3. The highest BCUT2D eigenvalue weighted by Gasteiger charge is 2.28. The molecule has 4 aromatic rings. The van der Waals surface area contributed by atoms with Gasteiger partial charge in [-0.1, -0.05) is 11.6 Å². The van der Waals surface area contributed by atoms with Crippen molar-refractivity contribution in [3.63, 3.8) is 0 Å². The smallest absolute Gasteiger partial charge is 0.178 e. The first kappa shape index (κ1) is 22.8. The first-order valence-corrected chi connectivity index (χ1v) is 11.7. The molecule has 4 nitrogen and oxygen atoms in total. The molecule has 1 aliphatic rings. The molecular weight excluding hydrogens is 456 g/mol. The minimum absolute atomic E-state index is 0.0824. The Morgan fingerprint density at radius 2 is 1.79 bits per heavy atom. The normalized spacial score (nSPS) is 18.4. The van der Waals surface area contributed by atoms with E-state index in [0.29, 0.717) is 23.2 Å². The van der Waals surface area contributed by atoms with Crippen LogP contribution in [0.15, 0.2) is 42.6 Å². The maximum absolute atomic E-state index is 15.0. The van der Waals surface area contributed by atoms with Gasteiger partial charge in [0.2, 0.25) is 0 Å². The van der Waals surface area contributed by atoms with E-state index in [1.165, 1.54) is 12.1 Å². The third kappa shape index (κ3) is 4.17. The topological polar surface area (TPSA) is 47.9 Å². The van der Waals surface area contributed by atoms with E-state index in [1.807, 2.05) is 45.0 Å². The van der Waals surface area contributed by atoms with Crippen LogP contribution < -0.4 is 0 Å². The Bertz CT molecular complexity index is 1410. The summed E-state index contributed by atoms with van der Waals surface area (Å²) in [6.45, 7) is 6.40. The van der Waals surface area contributed by atoms with Crippen molar-refractivity contribution in [1.29, 1.82) is 0 Å². The van der Waals surface area contributed by atoms with Crippen LogP contribution >= 0.6 is 11.6 Å². The minimum atomic E-state index is -1.05. The quantitative estimate of drug-likeness (QED) is 0.292. The standard InChI is InChI=1S/C27H24ClF2N3O/c1-14-10-21-20(19-4-5-22(28)26(30)25(19)29)13-23(33-27(21)32-16(14)3)17-7-9-34-24(12-17)18-6-8-31-15(2)11-18/h4-6,8,10-11,13,17,24H,7,9,12H2,1-3H3. The maximum atomic E-state index is 15.0. The number of halogens is 3. The van der Waals surface area contributed by atoms with Crippen LogP contribution in [-0.4, -0.2) is 21.6 Å². The second kappa shape index (κ2) is 9.01. The fourth-order valence-electron chi connectivity index (χ4n) is 4.59. The largest absolute Gasteiger partial charge is 0.373 e. The molecule has 0 spiro atoms. The molecule has 7 heteroatoms. The van der Waals surface area contributed by atoms with Gasteiger partial charge in [-0.2, -0.15) is 0 Å². The molecule has 0 bridgehead atoms. The van der Waals surface area contributed by atoms with Crippen molar-refractivity contribution in [3.05, 3.63) is 87.5 Å². The number of benzene rings is 1. The summed E-state index contributed by atoms with van der Waals surface area (Å²) in [7, 11) is 0. The van der Waals surface area contributed by atoms with E-state index >= 15 is 4.39 Å². The van der Waals surface area contributed by atoms with E-state index in [-0.39, 0.29) is 22.6 Å². The summed E-state index contributed by atoms with van der Waals surface area (Å²) in [6.07, 6.45) is 3.21. The lowest BCUT2D eigenvalue weighted by Crippen LogP contribution is -2.20. The van der Waals surface area contributed by atoms with E-state index in [1.54, 1.807) is 6.20 Å². The Kier molecular flexibility index (Phi) is 6.04. The Morgan fingerprint density at radius 3 is 2.59 bits per heavy atom. The first-order chi connectivity index (χ1) is 16.3. The molecule has 2 atom stereocenters. The number of ether oxygens (including phenoxy) is 1. The van der Waals surface area contributed by atoms with Crippen molar-refractivity contribution >= 4 is 22.6 Å². The minimum Gasteiger partial charge on any atom is -0.373 e. The van der Waals surface area contributed by atoms with Crippen molar-refractivity contribution in [3.8, 4) is 11.1 Å². The van der Waals surface area contributed by atoms with Crippen LogP contribution in [0.4, 0.5) is 8.78 Å². The average Bonchev–Trinajstić information content (AvgIpc) is 2.83. The Hall–Kier alpha value is -2.96. The van der Waals surface area contributed by atoms with Gasteiger partial charge in [0, 0.05) is 46.8 Å². The lowest BCUT2D eigenvalue weighted by Gasteiger charge is -2.30. The fraction of sp³-hybridized carbons (Fsp3) is 0.296.